The Balaban J connectivity index is 1.32. The first-order chi connectivity index (χ1) is 15.3. The second-order valence-electron chi connectivity index (χ2n) is 9.42. The Morgan fingerprint density at radius 3 is 2.75 bits per heavy atom. The fourth-order valence-electron chi connectivity index (χ4n) is 5.17. The highest BCUT2D eigenvalue weighted by molar-refractivity contribution is 6.40. The van der Waals surface area contributed by atoms with Gasteiger partial charge in [-0.3, -0.25) is 4.79 Å². The third kappa shape index (κ3) is 4.47. The van der Waals surface area contributed by atoms with Crippen LogP contribution in [-0.2, 0) is 17.5 Å². The number of likely N-dealkylation sites (N-methyl/N-ethyl adjacent to an activating group) is 1. The van der Waals surface area contributed by atoms with Gasteiger partial charge in [0, 0.05) is 38.1 Å². The lowest BCUT2D eigenvalue weighted by Crippen LogP contribution is -2.48. The number of carbonyl (C=O) groups excluding carboxylic acids is 1. The summed E-state index contributed by atoms with van der Waals surface area (Å²) < 4.78 is 0. The molecular formula is C25H31BN2O4. The number of allylic oxidation sites excluding steroid dienone is 2. The number of benzene rings is 1. The summed E-state index contributed by atoms with van der Waals surface area (Å²) in [6.45, 7) is 8.07. The number of rotatable bonds is 9. The molecule has 6 nitrogen and oxygen atoms in total. The van der Waals surface area contributed by atoms with E-state index >= 15 is 0 Å². The second-order valence-corrected chi connectivity index (χ2v) is 9.42. The lowest BCUT2D eigenvalue weighted by Gasteiger charge is -2.43. The molecule has 0 aromatic heterocycles. The van der Waals surface area contributed by atoms with Crippen LogP contribution in [0.1, 0.15) is 46.3 Å². The summed E-state index contributed by atoms with van der Waals surface area (Å²) in [7, 11) is 2.98. The largest absolute Gasteiger partial charge is 0.504 e. The van der Waals surface area contributed by atoms with E-state index in [1.807, 2.05) is 11.9 Å². The zero-order valence-electron chi connectivity index (χ0n) is 18.9. The number of aromatic carboxylic acids is 1. The summed E-state index contributed by atoms with van der Waals surface area (Å²) in [6, 6.07) is 4.24. The summed E-state index contributed by atoms with van der Waals surface area (Å²) in [5, 5.41) is 19.3. The summed E-state index contributed by atoms with van der Waals surface area (Å²) in [4.78, 5) is 27.8. The van der Waals surface area contributed by atoms with Crippen LogP contribution in [0.5, 0.6) is 0 Å². The van der Waals surface area contributed by atoms with Crippen LogP contribution in [0.2, 0.25) is 5.82 Å². The van der Waals surface area contributed by atoms with Crippen molar-refractivity contribution < 1.29 is 19.8 Å². The number of aliphatic hydroxyl groups is 1. The Labute approximate surface area is 190 Å². The fraction of sp³-hybridized carbons (Fsp3) is 0.440. The van der Waals surface area contributed by atoms with Gasteiger partial charge < -0.3 is 20.0 Å². The smallest absolute Gasteiger partial charge is 0.336 e. The van der Waals surface area contributed by atoms with Crippen LogP contribution in [0.25, 0.3) is 0 Å². The van der Waals surface area contributed by atoms with Crippen molar-refractivity contribution in [1.29, 1.82) is 0 Å². The molecule has 4 rings (SSSR count). The topological polar surface area (TPSA) is 81.1 Å². The maximum absolute atomic E-state index is 12.1. The molecule has 3 aliphatic rings. The number of carboxylic acid groups (broad SMARTS) is 1. The molecule has 32 heavy (non-hydrogen) atoms. The Morgan fingerprint density at radius 1 is 1.31 bits per heavy atom. The number of carbonyl (C=O) groups is 2. The molecule has 1 aromatic carbocycles. The summed E-state index contributed by atoms with van der Waals surface area (Å²) >= 11 is 0. The summed E-state index contributed by atoms with van der Waals surface area (Å²) in [6.07, 6.45) is 7.25. The van der Waals surface area contributed by atoms with Crippen molar-refractivity contribution in [1.82, 2.24) is 9.80 Å². The fourth-order valence-corrected chi connectivity index (χ4v) is 5.17. The van der Waals surface area contributed by atoms with Gasteiger partial charge in [0.15, 0.2) is 5.76 Å². The number of ketones is 1. The first-order valence-corrected chi connectivity index (χ1v) is 11.4. The molecule has 1 saturated carbocycles. The molecular weight excluding hydrogens is 403 g/mol. The van der Waals surface area contributed by atoms with E-state index < -0.39 is 11.8 Å². The Kier molecular flexibility index (Phi) is 6.18. The van der Waals surface area contributed by atoms with Crippen molar-refractivity contribution in [2.24, 2.45) is 5.92 Å². The highest BCUT2D eigenvalue weighted by Crippen LogP contribution is 2.56. The molecule has 2 unspecified atom stereocenters. The van der Waals surface area contributed by atoms with E-state index in [4.69, 9.17) is 0 Å². The van der Waals surface area contributed by atoms with Crippen LogP contribution in [0.15, 0.2) is 48.5 Å². The minimum absolute atomic E-state index is 0.265. The molecule has 1 saturated heterocycles. The second kappa shape index (κ2) is 8.89. The number of aliphatic hydroxyl groups excluding tert-OH is 1. The monoisotopic (exact) mass is 434 g/mol. The number of hydrogen-bond donors (Lipinski definition) is 2. The van der Waals surface area contributed by atoms with Crippen molar-refractivity contribution in [3.05, 3.63) is 70.8 Å². The van der Waals surface area contributed by atoms with Gasteiger partial charge in [0.25, 0.3) is 0 Å². The van der Waals surface area contributed by atoms with E-state index in [0.29, 0.717) is 23.9 Å². The van der Waals surface area contributed by atoms with E-state index in [2.05, 4.69) is 23.6 Å². The van der Waals surface area contributed by atoms with Gasteiger partial charge in [-0.2, -0.15) is 0 Å². The first-order valence-electron chi connectivity index (χ1n) is 11.4. The van der Waals surface area contributed by atoms with Gasteiger partial charge in [-0.1, -0.05) is 37.3 Å². The molecule has 2 heterocycles. The van der Waals surface area contributed by atoms with E-state index in [-0.39, 0.29) is 5.76 Å². The number of likely N-dealkylation sites (tertiary alicyclic amines) is 1. The number of carboxylic acids is 1. The van der Waals surface area contributed by atoms with Crippen molar-refractivity contribution in [2.75, 3.05) is 26.7 Å². The zero-order valence-corrected chi connectivity index (χ0v) is 18.9. The molecule has 2 N–H and O–H groups in total. The summed E-state index contributed by atoms with van der Waals surface area (Å²) in [5.74, 6) is 0.305. The Bertz CT molecular complexity index is 1010. The van der Waals surface area contributed by atoms with Gasteiger partial charge in [-0.05, 0) is 47.9 Å². The third-order valence-electron chi connectivity index (χ3n) is 7.09. The van der Waals surface area contributed by atoms with E-state index in [1.54, 1.807) is 13.1 Å². The molecule has 0 amide bonds. The summed E-state index contributed by atoms with van der Waals surface area (Å²) in [5.41, 5.74) is 4.85. The van der Waals surface area contributed by atoms with Gasteiger partial charge in [0.2, 0.25) is 5.78 Å². The van der Waals surface area contributed by atoms with Crippen LogP contribution >= 0.6 is 0 Å². The molecule has 168 valence electrons. The maximum atomic E-state index is 12.1. The van der Waals surface area contributed by atoms with Crippen LogP contribution in [0.4, 0.5) is 0 Å². The zero-order chi connectivity index (χ0) is 23.0. The molecule has 0 radical (unpaired) electrons. The van der Waals surface area contributed by atoms with E-state index in [1.165, 1.54) is 24.1 Å². The molecule has 2 fully saturated rings. The Morgan fingerprint density at radius 2 is 2.06 bits per heavy atom. The van der Waals surface area contributed by atoms with Gasteiger partial charge >= 0.3 is 5.97 Å². The average molecular weight is 434 g/mol. The normalized spacial score (nSPS) is 21.9. The minimum Gasteiger partial charge on any atom is -0.504 e. The van der Waals surface area contributed by atoms with Crippen LogP contribution < -0.4 is 0 Å². The van der Waals surface area contributed by atoms with Gasteiger partial charge in [0.05, 0.1) is 12.1 Å². The molecule has 1 aromatic rings. The molecule has 7 heteroatoms. The van der Waals surface area contributed by atoms with Gasteiger partial charge in [0.1, 0.15) is 7.28 Å². The molecule has 2 aliphatic heterocycles. The predicted octanol–water partition coefficient (Wildman–Crippen LogP) is 3.08. The van der Waals surface area contributed by atoms with Crippen molar-refractivity contribution in [2.45, 2.75) is 37.8 Å². The van der Waals surface area contributed by atoms with Crippen LogP contribution in [0, 0.1) is 5.92 Å². The predicted molar refractivity (Wildman–Crippen MR) is 126 cm³/mol. The quantitative estimate of drug-likeness (QED) is 0.353. The van der Waals surface area contributed by atoms with Crippen molar-refractivity contribution >= 4 is 19.0 Å². The molecule has 2 atom stereocenters. The van der Waals surface area contributed by atoms with E-state index in [9.17, 15) is 19.8 Å². The molecule has 0 bridgehead atoms. The number of nitrogens with zero attached hydrogens (tertiary/aromatic N) is 2. The van der Waals surface area contributed by atoms with Gasteiger partial charge in [-0.25, -0.2) is 4.79 Å². The number of fused-ring (bicyclic) bond motifs is 3. The van der Waals surface area contributed by atoms with Crippen LogP contribution in [0.3, 0.4) is 0 Å². The minimum atomic E-state index is -0.788. The van der Waals surface area contributed by atoms with Gasteiger partial charge in [-0.15, -0.1) is 0 Å². The highest BCUT2D eigenvalue weighted by atomic mass is 16.4. The third-order valence-corrected chi connectivity index (χ3v) is 7.09. The molecule has 0 spiro atoms. The standard InChI is InChI=1S/C25H31BN2O4/c1-4-22(29)23(30)7-8-27(3)12-15(2)28-13-16(14-28)9-17-5-6-18-19-10-21(19)26-11-20(18)24(17)25(31)32/h4-8,16,19,21,26,29H,2,9-14H2,1,3H3,(H,31,32)/b8-7-,22-4+. The lowest BCUT2D eigenvalue weighted by molar-refractivity contribution is -0.113. The van der Waals surface area contributed by atoms with E-state index in [0.717, 1.165) is 55.8 Å². The molecule has 1 aliphatic carbocycles. The lowest BCUT2D eigenvalue weighted by atomic mass is 9.60. The van der Waals surface area contributed by atoms with Crippen molar-refractivity contribution in [3.63, 3.8) is 0 Å². The average Bonchev–Trinajstić information content (AvgIpc) is 3.52. The highest BCUT2D eigenvalue weighted by Gasteiger charge is 2.44. The SMILES string of the molecule is C=C(CN(C)/C=C\C(=O)/C(O)=C\C)N1CC(Cc2ccc3c(c2C(=O)O)CBC2CC32)C1. The number of hydrogen-bond acceptors (Lipinski definition) is 5. The Hall–Kier alpha value is -2.96. The maximum Gasteiger partial charge on any atom is 0.336 e. The first kappa shape index (κ1) is 22.2. The van der Waals surface area contributed by atoms with Crippen molar-refractivity contribution in [3.8, 4) is 0 Å². The van der Waals surface area contributed by atoms with Crippen LogP contribution in [-0.4, -0.2) is 65.7 Å².